The minimum Gasteiger partial charge on any atom is -0.495 e. The van der Waals surface area contributed by atoms with Gasteiger partial charge in [0, 0.05) is 38.3 Å². The predicted molar refractivity (Wildman–Crippen MR) is 130 cm³/mol. The van der Waals surface area contributed by atoms with Gasteiger partial charge in [0.2, 0.25) is 0 Å². The average molecular weight is 443 g/mol. The van der Waals surface area contributed by atoms with Crippen LogP contribution in [0.25, 0.3) is 0 Å². The molecule has 0 amide bonds. The van der Waals surface area contributed by atoms with E-state index in [2.05, 4.69) is 69.7 Å². The molecule has 5 rings (SSSR count). The van der Waals surface area contributed by atoms with Crippen molar-refractivity contribution in [2.45, 2.75) is 38.3 Å². The number of piperidine rings is 1. The molecule has 33 heavy (non-hydrogen) atoms. The van der Waals surface area contributed by atoms with Gasteiger partial charge in [-0.2, -0.15) is 0 Å². The monoisotopic (exact) mass is 442 g/mol. The molecule has 1 fully saturated rings. The van der Waals surface area contributed by atoms with Crippen molar-refractivity contribution in [3.05, 3.63) is 88.7 Å². The number of nitrogens with one attached hydrogen (secondary N) is 1. The summed E-state index contributed by atoms with van der Waals surface area (Å²) >= 11 is 0. The van der Waals surface area contributed by atoms with Crippen LogP contribution >= 0.6 is 0 Å². The molecule has 2 aromatic carbocycles. The summed E-state index contributed by atoms with van der Waals surface area (Å²) in [5.74, 6) is 0.859. The minimum absolute atomic E-state index is 0.0152. The van der Waals surface area contributed by atoms with Gasteiger partial charge in [-0.1, -0.05) is 35.5 Å². The zero-order valence-electron chi connectivity index (χ0n) is 19.2. The van der Waals surface area contributed by atoms with Crippen LogP contribution < -0.4 is 10.1 Å². The third kappa shape index (κ3) is 4.31. The van der Waals surface area contributed by atoms with E-state index in [-0.39, 0.29) is 12.0 Å². The normalized spacial score (nSPS) is 21.3. The fraction of sp³-hybridized carbons (Fsp3) is 0.333. The number of anilines is 1. The highest BCUT2D eigenvalue weighted by Crippen LogP contribution is 2.43. The smallest absolute Gasteiger partial charge is 0.142 e. The number of nitrogens with zero attached hydrogens (tertiary/aromatic N) is 3. The molecule has 3 heterocycles. The third-order valence-corrected chi connectivity index (χ3v) is 6.90. The first kappa shape index (κ1) is 21.5. The van der Waals surface area contributed by atoms with Crippen LogP contribution in [0.2, 0.25) is 0 Å². The summed E-state index contributed by atoms with van der Waals surface area (Å²) in [5, 5.41) is 17.1. The fourth-order valence-corrected chi connectivity index (χ4v) is 5.15. The number of benzene rings is 2. The first-order valence-electron chi connectivity index (χ1n) is 11.5. The number of pyridine rings is 1. The molecular formula is C27H30N4O2. The maximum absolute atomic E-state index is 9.86. The zero-order chi connectivity index (χ0) is 22.8. The number of hydrogen-bond donors (Lipinski definition) is 2. The van der Waals surface area contributed by atoms with E-state index in [9.17, 15) is 5.21 Å². The quantitative estimate of drug-likeness (QED) is 0.433. The molecule has 3 aromatic rings. The van der Waals surface area contributed by atoms with Crippen molar-refractivity contribution in [2.75, 3.05) is 25.5 Å². The van der Waals surface area contributed by atoms with Crippen molar-refractivity contribution in [3.63, 3.8) is 0 Å². The van der Waals surface area contributed by atoms with E-state index in [0.717, 1.165) is 48.9 Å². The van der Waals surface area contributed by atoms with Gasteiger partial charge in [-0.25, -0.2) is 0 Å². The lowest BCUT2D eigenvalue weighted by Crippen LogP contribution is -2.45. The predicted octanol–water partition coefficient (Wildman–Crippen LogP) is 4.93. The summed E-state index contributed by atoms with van der Waals surface area (Å²) in [5.41, 5.74) is 7.79. The van der Waals surface area contributed by atoms with Gasteiger partial charge in [-0.15, -0.1) is 0 Å². The van der Waals surface area contributed by atoms with Crippen LogP contribution in [0.5, 0.6) is 5.75 Å². The maximum atomic E-state index is 9.86. The highest BCUT2D eigenvalue weighted by atomic mass is 16.5. The number of methoxy groups -OCH3 is 1. The maximum Gasteiger partial charge on any atom is 0.142 e. The molecular weight excluding hydrogens is 412 g/mol. The molecule has 1 saturated heterocycles. The molecule has 170 valence electrons. The second-order valence-electron chi connectivity index (χ2n) is 8.96. The van der Waals surface area contributed by atoms with Crippen molar-refractivity contribution < 1.29 is 9.94 Å². The summed E-state index contributed by atoms with van der Waals surface area (Å²) in [6.45, 7) is 4.59. The fourth-order valence-electron chi connectivity index (χ4n) is 5.15. The van der Waals surface area contributed by atoms with Crippen molar-refractivity contribution in [1.29, 1.82) is 0 Å². The van der Waals surface area contributed by atoms with Crippen LogP contribution in [0.15, 0.2) is 65.9 Å². The molecule has 0 unspecified atom stereocenters. The summed E-state index contributed by atoms with van der Waals surface area (Å²) in [6.07, 6.45) is 3.51. The van der Waals surface area contributed by atoms with Gasteiger partial charge in [-0.05, 0) is 59.9 Å². The number of aromatic nitrogens is 1. The largest absolute Gasteiger partial charge is 0.495 e. The molecule has 6 heteroatoms. The van der Waals surface area contributed by atoms with E-state index in [4.69, 9.17) is 4.74 Å². The number of hydrogen-bond acceptors (Lipinski definition) is 6. The Balaban J connectivity index is 1.41. The number of oxime groups is 1. The molecule has 0 aliphatic carbocycles. The zero-order valence-corrected chi connectivity index (χ0v) is 19.2. The van der Waals surface area contributed by atoms with Crippen molar-refractivity contribution >= 4 is 11.4 Å². The molecule has 2 aliphatic rings. The van der Waals surface area contributed by atoms with Gasteiger partial charge >= 0.3 is 0 Å². The number of ether oxygens (including phenoxy) is 1. The molecule has 0 saturated carbocycles. The molecule has 6 nitrogen and oxygen atoms in total. The molecule has 0 bridgehead atoms. The number of fused-ring (bicyclic) bond motifs is 3. The molecule has 2 atom stereocenters. The Morgan fingerprint density at radius 2 is 2.03 bits per heavy atom. The van der Waals surface area contributed by atoms with Crippen LogP contribution in [0.4, 0.5) is 5.69 Å². The van der Waals surface area contributed by atoms with Crippen LogP contribution in [0.1, 0.15) is 46.3 Å². The second kappa shape index (κ2) is 9.24. The summed E-state index contributed by atoms with van der Waals surface area (Å²) in [4.78, 5) is 7.08. The summed E-state index contributed by atoms with van der Waals surface area (Å²) < 4.78 is 5.77. The van der Waals surface area contributed by atoms with E-state index in [0.29, 0.717) is 6.42 Å². The van der Waals surface area contributed by atoms with Gasteiger partial charge < -0.3 is 15.3 Å². The van der Waals surface area contributed by atoms with E-state index >= 15 is 0 Å². The Morgan fingerprint density at radius 3 is 2.79 bits per heavy atom. The summed E-state index contributed by atoms with van der Waals surface area (Å²) in [7, 11) is 1.72. The Labute approximate surface area is 194 Å². The minimum atomic E-state index is 0.0152. The van der Waals surface area contributed by atoms with Crippen LogP contribution in [0, 0.1) is 6.92 Å². The number of aryl methyl sites for hydroxylation is 1. The van der Waals surface area contributed by atoms with Crippen molar-refractivity contribution in [3.8, 4) is 5.75 Å². The SMILES string of the molecule is COc1cc2c(cc1NCc1ccccc1)CCN1C[C@@H](c3cc(C)ccn3)C(=NO)C[C@H]21. The van der Waals surface area contributed by atoms with Crippen molar-refractivity contribution in [2.24, 2.45) is 5.16 Å². The lowest BCUT2D eigenvalue weighted by atomic mass is 9.80. The van der Waals surface area contributed by atoms with E-state index in [1.807, 2.05) is 18.3 Å². The first-order valence-corrected chi connectivity index (χ1v) is 11.5. The standard InChI is InChI=1S/C27H30N4O2/c1-18-8-10-28-23(12-18)22-17-31-11-9-20-13-25(29-16-19-6-4-3-5-7-19)27(33-2)14-21(20)26(31)15-24(22)30-32/h3-8,10,12-14,22,26,29,32H,9,11,15-17H2,1-2H3/t22-,26+/m0/s1. The average Bonchev–Trinajstić information content (AvgIpc) is 2.86. The Kier molecular flexibility index (Phi) is 6.01. The number of rotatable bonds is 5. The van der Waals surface area contributed by atoms with Gasteiger partial charge in [0.05, 0.1) is 30.1 Å². The summed E-state index contributed by atoms with van der Waals surface area (Å²) in [6, 6.07) is 19.1. The van der Waals surface area contributed by atoms with Crippen LogP contribution in [-0.4, -0.2) is 41.0 Å². The molecule has 2 aliphatic heterocycles. The topological polar surface area (TPSA) is 70.0 Å². The third-order valence-electron chi connectivity index (χ3n) is 6.90. The molecule has 2 N–H and O–H groups in total. The van der Waals surface area contributed by atoms with Crippen LogP contribution in [-0.2, 0) is 13.0 Å². The van der Waals surface area contributed by atoms with Gasteiger partial charge in [-0.3, -0.25) is 9.88 Å². The molecule has 0 radical (unpaired) electrons. The highest BCUT2D eigenvalue weighted by Gasteiger charge is 2.38. The molecule has 1 aromatic heterocycles. The van der Waals surface area contributed by atoms with Gasteiger partial charge in [0.25, 0.3) is 0 Å². The van der Waals surface area contributed by atoms with Crippen LogP contribution in [0.3, 0.4) is 0 Å². The Bertz CT molecular complexity index is 1160. The van der Waals surface area contributed by atoms with E-state index in [1.165, 1.54) is 22.3 Å². The van der Waals surface area contributed by atoms with Gasteiger partial charge in [0.1, 0.15) is 5.75 Å². The van der Waals surface area contributed by atoms with Crippen molar-refractivity contribution in [1.82, 2.24) is 9.88 Å². The van der Waals surface area contributed by atoms with Gasteiger partial charge in [0.15, 0.2) is 0 Å². The molecule has 0 spiro atoms. The van der Waals surface area contributed by atoms with E-state index in [1.54, 1.807) is 7.11 Å². The Hall–Kier alpha value is -3.38. The van der Waals surface area contributed by atoms with E-state index < -0.39 is 0 Å². The second-order valence-corrected chi connectivity index (χ2v) is 8.96. The lowest BCUT2D eigenvalue weighted by molar-refractivity contribution is 0.165. The Morgan fingerprint density at radius 1 is 1.18 bits per heavy atom. The highest BCUT2D eigenvalue weighted by molar-refractivity contribution is 5.92. The lowest BCUT2D eigenvalue weighted by Gasteiger charge is -2.44. The first-order chi connectivity index (χ1) is 16.2.